The highest BCUT2D eigenvalue weighted by Gasteiger charge is 2.06. The Morgan fingerprint density at radius 2 is 1.81 bits per heavy atom. The molecule has 2 rings (SSSR count). The number of hydrogen-bond donors (Lipinski definition) is 2. The van der Waals surface area contributed by atoms with Gasteiger partial charge in [0.1, 0.15) is 5.84 Å². The summed E-state index contributed by atoms with van der Waals surface area (Å²) in [4.78, 5) is 4.34. The van der Waals surface area contributed by atoms with E-state index >= 15 is 0 Å². The van der Waals surface area contributed by atoms with E-state index in [2.05, 4.69) is 29.9 Å². The molecule has 0 amide bonds. The number of rotatable bonds is 4. The zero-order valence-electron chi connectivity index (χ0n) is 12.4. The molecule has 0 bridgehead atoms. The minimum atomic E-state index is 0.556. The maximum Gasteiger partial charge on any atom is 0.137 e. The maximum atomic E-state index is 7.62. The molecule has 2 N–H and O–H groups in total. The molecule has 0 saturated heterocycles. The summed E-state index contributed by atoms with van der Waals surface area (Å²) in [6, 6.07) is 15.8. The summed E-state index contributed by atoms with van der Waals surface area (Å²) < 4.78 is 0. The summed E-state index contributed by atoms with van der Waals surface area (Å²) in [5, 5.41) is 10.9. The van der Waals surface area contributed by atoms with Crippen LogP contribution in [0.1, 0.15) is 23.6 Å². The average molecular weight is 277 g/mol. The van der Waals surface area contributed by atoms with Crippen LogP contribution in [-0.2, 0) is 0 Å². The molecular formula is C18H19N3. The van der Waals surface area contributed by atoms with E-state index < -0.39 is 0 Å². The van der Waals surface area contributed by atoms with Crippen LogP contribution >= 0.6 is 0 Å². The second-order valence-electron chi connectivity index (χ2n) is 4.80. The van der Waals surface area contributed by atoms with Crippen LogP contribution < -0.4 is 5.32 Å². The first kappa shape index (κ1) is 14.7. The Morgan fingerprint density at radius 1 is 1.14 bits per heavy atom. The lowest BCUT2D eigenvalue weighted by Gasteiger charge is -2.12. The fourth-order valence-corrected chi connectivity index (χ4v) is 2.04. The van der Waals surface area contributed by atoms with Gasteiger partial charge in [-0.3, -0.25) is 0 Å². The molecule has 0 spiro atoms. The maximum absolute atomic E-state index is 7.62. The summed E-state index contributed by atoms with van der Waals surface area (Å²) in [5.74, 6) is 0.766. The van der Waals surface area contributed by atoms with Crippen molar-refractivity contribution in [3.63, 3.8) is 0 Å². The molecule has 0 aromatic heterocycles. The second-order valence-corrected chi connectivity index (χ2v) is 4.80. The monoisotopic (exact) mass is 277 g/mol. The molecule has 2 aromatic rings. The third-order valence-electron chi connectivity index (χ3n) is 3.20. The van der Waals surface area contributed by atoms with Crippen LogP contribution in [0.3, 0.4) is 0 Å². The van der Waals surface area contributed by atoms with Crippen LogP contribution in [0.4, 0.5) is 5.69 Å². The van der Waals surface area contributed by atoms with Gasteiger partial charge in [-0.1, -0.05) is 43.0 Å². The predicted octanol–water partition coefficient (Wildman–Crippen LogP) is 4.38. The highest BCUT2D eigenvalue weighted by Crippen LogP contribution is 2.14. The molecule has 2 aromatic carbocycles. The van der Waals surface area contributed by atoms with Crippen LogP contribution in [0.5, 0.6) is 0 Å². The molecule has 0 aliphatic rings. The van der Waals surface area contributed by atoms with Gasteiger partial charge in [-0.2, -0.15) is 0 Å². The Bertz CT molecular complexity index is 682. The van der Waals surface area contributed by atoms with E-state index in [1.165, 1.54) is 6.20 Å². The molecular weight excluding hydrogens is 258 g/mol. The molecule has 106 valence electrons. The Hall–Kier alpha value is -2.68. The van der Waals surface area contributed by atoms with E-state index in [1.54, 1.807) is 6.92 Å². The number of aryl methyl sites for hydroxylation is 1. The van der Waals surface area contributed by atoms with Crippen molar-refractivity contribution in [1.82, 2.24) is 0 Å². The summed E-state index contributed by atoms with van der Waals surface area (Å²) in [7, 11) is 0. The van der Waals surface area contributed by atoms with Crippen molar-refractivity contribution in [2.24, 2.45) is 4.99 Å². The largest absolute Gasteiger partial charge is 0.340 e. The van der Waals surface area contributed by atoms with Crippen molar-refractivity contribution in [2.45, 2.75) is 13.8 Å². The number of aliphatic imine (C=N–C) groups is 1. The second kappa shape index (κ2) is 6.66. The molecule has 3 heteroatoms. The van der Waals surface area contributed by atoms with Gasteiger partial charge >= 0.3 is 0 Å². The van der Waals surface area contributed by atoms with Gasteiger partial charge < -0.3 is 10.7 Å². The fourth-order valence-electron chi connectivity index (χ4n) is 2.04. The van der Waals surface area contributed by atoms with E-state index in [0.717, 1.165) is 28.2 Å². The molecule has 3 nitrogen and oxygen atoms in total. The van der Waals surface area contributed by atoms with E-state index in [0.29, 0.717) is 5.71 Å². The number of nitrogens with zero attached hydrogens (tertiary/aromatic N) is 1. The third kappa shape index (κ3) is 3.66. The van der Waals surface area contributed by atoms with E-state index in [4.69, 9.17) is 5.41 Å². The smallest absolute Gasteiger partial charge is 0.137 e. The summed E-state index contributed by atoms with van der Waals surface area (Å²) in [6.07, 6.45) is 1.53. The number of hydrogen-bond acceptors (Lipinski definition) is 2. The number of anilines is 1. The van der Waals surface area contributed by atoms with Gasteiger partial charge in [0.15, 0.2) is 0 Å². The van der Waals surface area contributed by atoms with Crippen LogP contribution in [0.15, 0.2) is 66.3 Å². The quantitative estimate of drug-likeness (QED) is 0.632. The minimum absolute atomic E-state index is 0.556. The van der Waals surface area contributed by atoms with Gasteiger partial charge in [-0.25, -0.2) is 4.99 Å². The van der Waals surface area contributed by atoms with Crippen LogP contribution in [0.2, 0.25) is 0 Å². The Morgan fingerprint density at radius 3 is 2.38 bits per heavy atom. The van der Waals surface area contributed by atoms with Crippen LogP contribution in [0.25, 0.3) is 0 Å². The lowest BCUT2D eigenvalue weighted by molar-refractivity contribution is 1.40. The topological polar surface area (TPSA) is 48.2 Å². The van der Waals surface area contributed by atoms with Crippen LogP contribution in [0, 0.1) is 12.3 Å². The van der Waals surface area contributed by atoms with Crippen molar-refractivity contribution in [2.75, 3.05) is 5.32 Å². The summed E-state index contributed by atoms with van der Waals surface area (Å²) in [5.41, 5.74) is 4.60. The molecule has 0 atom stereocenters. The lowest BCUT2D eigenvalue weighted by atomic mass is 10.1. The average Bonchev–Trinajstić information content (AvgIpc) is 2.48. The van der Waals surface area contributed by atoms with E-state index in [-0.39, 0.29) is 0 Å². The third-order valence-corrected chi connectivity index (χ3v) is 3.20. The number of benzene rings is 2. The normalized spacial score (nSPS) is 11.0. The molecule has 0 radical (unpaired) electrons. The van der Waals surface area contributed by atoms with Gasteiger partial charge in [0, 0.05) is 23.2 Å². The predicted molar refractivity (Wildman–Crippen MR) is 90.5 cm³/mol. The molecule has 21 heavy (non-hydrogen) atoms. The van der Waals surface area contributed by atoms with Crippen LogP contribution in [-0.4, -0.2) is 11.5 Å². The fraction of sp³-hybridized carbons (Fsp3) is 0.111. The van der Waals surface area contributed by atoms with Crippen molar-refractivity contribution in [3.05, 3.63) is 78.0 Å². The molecule has 0 heterocycles. The molecule has 0 unspecified atom stereocenters. The Kier molecular flexibility index (Phi) is 4.67. The first-order chi connectivity index (χ1) is 10.1. The van der Waals surface area contributed by atoms with Crippen molar-refractivity contribution in [3.8, 4) is 0 Å². The first-order valence-corrected chi connectivity index (χ1v) is 6.79. The molecule has 0 saturated carbocycles. The van der Waals surface area contributed by atoms with Gasteiger partial charge in [0.25, 0.3) is 0 Å². The number of nitrogens with one attached hydrogen (secondary N) is 2. The van der Waals surface area contributed by atoms with E-state index in [1.807, 2.05) is 42.5 Å². The number of amidine groups is 1. The van der Waals surface area contributed by atoms with Gasteiger partial charge in [-0.15, -0.1) is 0 Å². The molecule has 0 aliphatic heterocycles. The standard InChI is InChI=1S/C18H19N3/c1-4-20-18(17-8-6-5-7-13(17)2)21-16-11-9-15(10-12-16)14(3)19/h4-12,19H,1H2,2-3H3,(H,20,21). The van der Waals surface area contributed by atoms with Crippen molar-refractivity contribution < 1.29 is 0 Å². The van der Waals surface area contributed by atoms with Crippen molar-refractivity contribution in [1.29, 1.82) is 5.41 Å². The highest BCUT2D eigenvalue weighted by atomic mass is 15.0. The molecule has 0 aliphatic carbocycles. The molecule has 0 fully saturated rings. The zero-order valence-corrected chi connectivity index (χ0v) is 12.4. The van der Waals surface area contributed by atoms with Crippen molar-refractivity contribution >= 4 is 17.2 Å². The summed E-state index contributed by atoms with van der Waals surface area (Å²) in [6.45, 7) is 7.51. The Balaban J connectivity index is 2.29. The lowest BCUT2D eigenvalue weighted by Crippen LogP contribution is -2.14. The van der Waals surface area contributed by atoms with Gasteiger partial charge in [0.2, 0.25) is 0 Å². The highest BCUT2D eigenvalue weighted by molar-refractivity contribution is 6.09. The Labute approximate surface area is 125 Å². The van der Waals surface area contributed by atoms with E-state index in [9.17, 15) is 0 Å². The SMILES string of the molecule is C=CN=C(Nc1ccc(C(C)=N)cc1)c1ccccc1C. The summed E-state index contributed by atoms with van der Waals surface area (Å²) >= 11 is 0. The van der Waals surface area contributed by atoms with Gasteiger partial charge in [0.05, 0.1) is 0 Å². The van der Waals surface area contributed by atoms with Gasteiger partial charge in [-0.05, 0) is 37.1 Å². The minimum Gasteiger partial charge on any atom is -0.340 e. The zero-order chi connectivity index (χ0) is 15.2. The first-order valence-electron chi connectivity index (χ1n) is 6.79.